The van der Waals surface area contributed by atoms with Crippen LogP contribution in [0.4, 0.5) is 5.69 Å². The fraction of sp³-hybridized carbons (Fsp3) is 0. The molecule has 0 aliphatic rings. The van der Waals surface area contributed by atoms with Crippen LogP contribution in [0.1, 0.15) is 20.7 Å². The second kappa shape index (κ2) is 6.03. The molecule has 4 aromatic rings. The van der Waals surface area contributed by atoms with Crippen LogP contribution >= 0.6 is 11.3 Å². The molecule has 4 rings (SSSR count). The first-order chi connectivity index (χ1) is 12.1. The Kier molecular flexibility index (Phi) is 3.71. The van der Waals surface area contributed by atoms with Crippen LogP contribution in [0.3, 0.4) is 0 Å². The van der Waals surface area contributed by atoms with Crippen molar-refractivity contribution < 1.29 is 14.7 Å². The van der Waals surface area contributed by atoms with Gasteiger partial charge in [-0.25, -0.2) is 4.79 Å². The molecule has 1 amide bonds. The highest BCUT2D eigenvalue weighted by atomic mass is 32.1. The minimum atomic E-state index is -1.03. The molecular weight excluding hydrogens is 334 g/mol. The smallest absolute Gasteiger partial charge is 0.335 e. The van der Waals surface area contributed by atoms with E-state index in [1.165, 1.54) is 12.1 Å². The third kappa shape index (κ3) is 2.75. The van der Waals surface area contributed by atoms with Gasteiger partial charge in [0.2, 0.25) is 0 Å². The molecule has 4 nitrogen and oxygen atoms in total. The van der Waals surface area contributed by atoms with Crippen molar-refractivity contribution in [3.05, 3.63) is 77.9 Å². The van der Waals surface area contributed by atoms with Crippen LogP contribution in [0.5, 0.6) is 0 Å². The van der Waals surface area contributed by atoms with Crippen LogP contribution in [0.2, 0.25) is 0 Å². The fourth-order valence-electron chi connectivity index (χ4n) is 2.85. The highest BCUT2D eigenvalue weighted by Crippen LogP contribution is 2.35. The highest BCUT2D eigenvalue weighted by Gasteiger charge is 2.14. The van der Waals surface area contributed by atoms with E-state index in [0.717, 1.165) is 20.2 Å². The number of nitrogens with one attached hydrogen (secondary N) is 1. The summed E-state index contributed by atoms with van der Waals surface area (Å²) in [7, 11) is 0. The van der Waals surface area contributed by atoms with Crippen molar-refractivity contribution in [2.75, 3.05) is 5.32 Å². The average molecular weight is 347 g/mol. The Morgan fingerprint density at radius 3 is 2.48 bits per heavy atom. The number of fused-ring (bicyclic) bond motifs is 3. The van der Waals surface area contributed by atoms with E-state index in [1.54, 1.807) is 29.5 Å². The van der Waals surface area contributed by atoms with Crippen LogP contribution in [0, 0.1) is 0 Å². The number of carbonyl (C=O) groups excluding carboxylic acids is 1. The number of hydrogen-bond donors (Lipinski definition) is 2. The fourth-order valence-corrected chi connectivity index (χ4v) is 4.07. The van der Waals surface area contributed by atoms with Gasteiger partial charge in [0.05, 0.1) is 11.1 Å². The Morgan fingerprint density at radius 2 is 1.64 bits per heavy atom. The molecule has 0 aliphatic heterocycles. The number of hydrogen-bond acceptors (Lipinski definition) is 3. The van der Waals surface area contributed by atoms with Gasteiger partial charge in [0.1, 0.15) is 0 Å². The predicted octanol–water partition coefficient (Wildman–Crippen LogP) is 5.01. The molecule has 25 heavy (non-hydrogen) atoms. The first kappa shape index (κ1) is 15.4. The SMILES string of the molecule is O=C(O)c1cccc(NC(=O)c2cccc3c2sc2ccccc23)c1. The maximum atomic E-state index is 12.7. The van der Waals surface area contributed by atoms with E-state index >= 15 is 0 Å². The third-order valence-corrected chi connectivity index (χ3v) is 5.24. The molecule has 122 valence electrons. The minimum absolute atomic E-state index is 0.137. The zero-order valence-electron chi connectivity index (χ0n) is 13.0. The van der Waals surface area contributed by atoms with Crippen LogP contribution in [-0.2, 0) is 0 Å². The van der Waals surface area contributed by atoms with Crippen LogP contribution in [0.15, 0.2) is 66.7 Å². The monoisotopic (exact) mass is 347 g/mol. The topological polar surface area (TPSA) is 66.4 Å². The number of amides is 1. The van der Waals surface area contributed by atoms with Gasteiger partial charge in [-0.1, -0.05) is 36.4 Å². The molecule has 2 N–H and O–H groups in total. The van der Waals surface area contributed by atoms with Crippen molar-refractivity contribution in [1.82, 2.24) is 0 Å². The lowest BCUT2D eigenvalue weighted by molar-refractivity contribution is 0.0696. The number of thiophene rings is 1. The van der Waals surface area contributed by atoms with Crippen LogP contribution in [-0.4, -0.2) is 17.0 Å². The van der Waals surface area contributed by atoms with Gasteiger partial charge in [-0.2, -0.15) is 0 Å². The quantitative estimate of drug-likeness (QED) is 0.548. The molecule has 0 bridgehead atoms. The summed E-state index contributed by atoms with van der Waals surface area (Å²) >= 11 is 1.58. The lowest BCUT2D eigenvalue weighted by Crippen LogP contribution is -2.12. The van der Waals surface area contributed by atoms with Crippen molar-refractivity contribution in [2.24, 2.45) is 0 Å². The number of carbonyl (C=O) groups is 2. The molecule has 1 heterocycles. The van der Waals surface area contributed by atoms with E-state index in [4.69, 9.17) is 5.11 Å². The van der Waals surface area contributed by atoms with E-state index in [1.807, 2.05) is 36.4 Å². The molecule has 0 fully saturated rings. The van der Waals surface area contributed by atoms with Crippen molar-refractivity contribution in [3.8, 4) is 0 Å². The standard InChI is InChI=1S/C20H13NO3S/c22-19(21-13-6-3-5-12(11-13)20(23)24)16-9-4-8-15-14-7-1-2-10-17(14)25-18(15)16/h1-11H,(H,21,22)(H,23,24). The minimum Gasteiger partial charge on any atom is -0.478 e. The van der Waals surface area contributed by atoms with Gasteiger partial charge >= 0.3 is 5.97 Å². The predicted molar refractivity (Wildman–Crippen MR) is 101 cm³/mol. The van der Waals surface area contributed by atoms with Gasteiger partial charge in [0.15, 0.2) is 0 Å². The van der Waals surface area contributed by atoms with Crippen molar-refractivity contribution in [1.29, 1.82) is 0 Å². The Morgan fingerprint density at radius 1 is 0.880 bits per heavy atom. The highest BCUT2D eigenvalue weighted by molar-refractivity contribution is 7.26. The number of benzene rings is 3. The lowest BCUT2D eigenvalue weighted by atomic mass is 10.1. The third-order valence-electron chi connectivity index (χ3n) is 4.02. The summed E-state index contributed by atoms with van der Waals surface area (Å²) in [5, 5.41) is 14.0. The molecule has 0 atom stereocenters. The Bertz CT molecular complexity index is 1130. The van der Waals surface area contributed by atoms with E-state index in [2.05, 4.69) is 5.32 Å². The van der Waals surface area contributed by atoms with Gasteiger partial charge in [0.25, 0.3) is 5.91 Å². The lowest BCUT2D eigenvalue weighted by Gasteiger charge is -2.07. The average Bonchev–Trinajstić information content (AvgIpc) is 3.00. The van der Waals surface area contributed by atoms with Crippen LogP contribution < -0.4 is 5.32 Å². The molecule has 0 spiro atoms. The molecule has 0 aliphatic carbocycles. The Balaban J connectivity index is 1.75. The number of anilines is 1. The van der Waals surface area contributed by atoms with Crippen molar-refractivity contribution >= 4 is 49.1 Å². The Labute approximate surface area is 147 Å². The van der Waals surface area contributed by atoms with Crippen molar-refractivity contribution in [2.45, 2.75) is 0 Å². The number of aromatic carboxylic acids is 1. The molecule has 1 aromatic heterocycles. The molecular formula is C20H13NO3S. The second-order valence-corrected chi connectivity index (χ2v) is 6.67. The summed E-state index contributed by atoms with van der Waals surface area (Å²) in [6, 6.07) is 19.9. The van der Waals surface area contributed by atoms with Crippen molar-refractivity contribution in [3.63, 3.8) is 0 Å². The first-order valence-corrected chi connectivity index (χ1v) is 8.50. The van der Waals surface area contributed by atoms with Gasteiger partial charge in [-0.3, -0.25) is 4.79 Å². The number of rotatable bonds is 3. The number of carboxylic acid groups (broad SMARTS) is 1. The molecule has 0 saturated carbocycles. The number of carboxylic acids is 1. The van der Waals surface area contributed by atoms with Crippen LogP contribution in [0.25, 0.3) is 20.2 Å². The zero-order valence-corrected chi connectivity index (χ0v) is 13.8. The van der Waals surface area contributed by atoms with Gasteiger partial charge in [0, 0.05) is 25.9 Å². The Hall–Kier alpha value is -3.18. The van der Waals surface area contributed by atoms with Gasteiger partial charge in [-0.05, 0) is 30.3 Å². The molecule has 3 aromatic carbocycles. The van der Waals surface area contributed by atoms with E-state index in [0.29, 0.717) is 11.3 Å². The second-order valence-electron chi connectivity index (χ2n) is 5.62. The first-order valence-electron chi connectivity index (χ1n) is 7.68. The van der Waals surface area contributed by atoms with Gasteiger partial charge in [-0.15, -0.1) is 11.3 Å². The van der Waals surface area contributed by atoms with E-state index in [9.17, 15) is 9.59 Å². The zero-order chi connectivity index (χ0) is 17.4. The summed E-state index contributed by atoms with van der Waals surface area (Å²) in [4.78, 5) is 23.8. The van der Waals surface area contributed by atoms with E-state index in [-0.39, 0.29) is 11.5 Å². The summed E-state index contributed by atoms with van der Waals surface area (Å²) in [5.74, 6) is -1.28. The summed E-state index contributed by atoms with van der Waals surface area (Å²) in [5.41, 5.74) is 1.18. The molecule has 0 radical (unpaired) electrons. The largest absolute Gasteiger partial charge is 0.478 e. The summed E-state index contributed by atoms with van der Waals surface area (Å²) < 4.78 is 2.06. The van der Waals surface area contributed by atoms with Gasteiger partial charge < -0.3 is 10.4 Å². The summed E-state index contributed by atoms with van der Waals surface area (Å²) in [6.45, 7) is 0. The maximum Gasteiger partial charge on any atom is 0.335 e. The van der Waals surface area contributed by atoms with E-state index < -0.39 is 5.97 Å². The summed E-state index contributed by atoms with van der Waals surface area (Å²) in [6.07, 6.45) is 0. The normalized spacial score (nSPS) is 10.9. The maximum absolute atomic E-state index is 12.7. The molecule has 5 heteroatoms. The molecule has 0 saturated heterocycles. The molecule has 0 unspecified atom stereocenters.